The molecule has 0 aliphatic rings. The van der Waals surface area contributed by atoms with E-state index in [1.165, 1.54) is 12.3 Å². The minimum Gasteiger partial charge on any atom is -0.353 e. The van der Waals surface area contributed by atoms with E-state index in [2.05, 4.69) is 4.98 Å². The molecule has 0 fully saturated rings. The molecule has 1 unspecified atom stereocenters. The molecular formula is C14H13Cl2N3O2. The number of halogens is 2. The van der Waals surface area contributed by atoms with Crippen molar-refractivity contribution in [2.45, 2.75) is 13.0 Å². The van der Waals surface area contributed by atoms with E-state index in [9.17, 15) is 10.1 Å². The van der Waals surface area contributed by atoms with E-state index >= 15 is 0 Å². The van der Waals surface area contributed by atoms with Gasteiger partial charge in [0.25, 0.3) is 5.69 Å². The summed E-state index contributed by atoms with van der Waals surface area (Å²) in [7, 11) is 1.85. The quantitative estimate of drug-likeness (QED) is 0.613. The van der Waals surface area contributed by atoms with Crippen LogP contribution in [-0.2, 0) is 0 Å². The van der Waals surface area contributed by atoms with Crippen molar-refractivity contribution >= 4 is 34.7 Å². The van der Waals surface area contributed by atoms with Gasteiger partial charge in [-0.25, -0.2) is 4.98 Å². The predicted molar refractivity (Wildman–Crippen MR) is 84.2 cm³/mol. The molecule has 21 heavy (non-hydrogen) atoms. The second kappa shape index (κ2) is 6.28. The van der Waals surface area contributed by atoms with Crippen molar-refractivity contribution in [3.05, 3.63) is 62.3 Å². The number of rotatable bonds is 4. The summed E-state index contributed by atoms with van der Waals surface area (Å²) in [5.41, 5.74) is 0.869. The summed E-state index contributed by atoms with van der Waals surface area (Å²) in [4.78, 5) is 16.2. The lowest BCUT2D eigenvalue weighted by atomic mass is 10.1. The molecular weight excluding hydrogens is 313 g/mol. The zero-order chi connectivity index (χ0) is 15.6. The van der Waals surface area contributed by atoms with Gasteiger partial charge in [-0.15, -0.1) is 0 Å². The van der Waals surface area contributed by atoms with Crippen LogP contribution in [-0.4, -0.2) is 17.0 Å². The summed E-state index contributed by atoms with van der Waals surface area (Å²) in [6.45, 7) is 1.97. The predicted octanol–water partition coefficient (Wildman–Crippen LogP) is 4.49. The normalized spacial score (nSPS) is 12.0. The zero-order valence-corrected chi connectivity index (χ0v) is 13.0. The summed E-state index contributed by atoms with van der Waals surface area (Å²) in [5, 5.41) is 11.8. The molecule has 0 amide bonds. The SMILES string of the molecule is CC(c1ccc(Cl)cc1Cl)N(C)c1ccc([N+](=O)[O-])cn1. The van der Waals surface area contributed by atoms with Crippen LogP contribution in [0.2, 0.25) is 10.0 Å². The van der Waals surface area contributed by atoms with Crippen molar-refractivity contribution in [2.24, 2.45) is 0 Å². The van der Waals surface area contributed by atoms with Gasteiger partial charge in [0.2, 0.25) is 0 Å². The van der Waals surface area contributed by atoms with Gasteiger partial charge in [0.1, 0.15) is 12.0 Å². The minimum atomic E-state index is -0.476. The van der Waals surface area contributed by atoms with Crippen molar-refractivity contribution in [3.8, 4) is 0 Å². The monoisotopic (exact) mass is 325 g/mol. The molecule has 0 aliphatic heterocycles. The Kier molecular flexibility index (Phi) is 4.65. The third-order valence-electron chi connectivity index (χ3n) is 3.30. The number of hydrogen-bond acceptors (Lipinski definition) is 4. The zero-order valence-electron chi connectivity index (χ0n) is 11.5. The number of nitro groups is 1. The Morgan fingerprint density at radius 1 is 1.29 bits per heavy atom. The second-order valence-corrected chi connectivity index (χ2v) is 5.43. The molecule has 0 saturated carbocycles. The molecule has 0 spiro atoms. The molecule has 7 heteroatoms. The van der Waals surface area contributed by atoms with E-state index in [4.69, 9.17) is 23.2 Å². The first kappa shape index (κ1) is 15.5. The Balaban J connectivity index is 2.25. The highest BCUT2D eigenvalue weighted by Crippen LogP contribution is 2.31. The molecule has 110 valence electrons. The molecule has 0 bridgehead atoms. The fourth-order valence-electron chi connectivity index (χ4n) is 1.94. The standard InChI is InChI=1S/C14H13Cl2N3O2/c1-9(12-5-3-10(15)7-13(12)16)18(2)14-6-4-11(8-17-14)19(20)21/h3-9H,1-2H3. The molecule has 0 saturated heterocycles. The second-order valence-electron chi connectivity index (χ2n) is 4.58. The van der Waals surface area contributed by atoms with E-state index in [0.29, 0.717) is 15.9 Å². The van der Waals surface area contributed by atoms with E-state index in [-0.39, 0.29) is 11.7 Å². The number of anilines is 1. The topological polar surface area (TPSA) is 59.3 Å². The summed E-state index contributed by atoms with van der Waals surface area (Å²) in [6, 6.07) is 8.30. The average molecular weight is 326 g/mol. The number of hydrogen-bond donors (Lipinski definition) is 0. The molecule has 1 atom stereocenters. The maximum atomic E-state index is 10.6. The molecule has 1 aromatic heterocycles. The lowest BCUT2D eigenvalue weighted by molar-refractivity contribution is -0.385. The highest BCUT2D eigenvalue weighted by molar-refractivity contribution is 6.35. The van der Waals surface area contributed by atoms with E-state index in [1.54, 1.807) is 18.2 Å². The maximum Gasteiger partial charge on any atom is 0.287 e. The summed E-state index contributed by atoms with van der Waals surface area (Å²) < 4.78 is 0. The molecule has 1 aromatic carbocycles. The molecule has 1 heterocycles. The van der Waals surface area contributed by atoms with Gasteiger partial charge in [-0.2, -0.15) is 0 Å². The Bertz CT molecular complexity index is 662. The molecule has 2 aromatic rings. The first-order valence-electron chi connectivity index (χ1n) is 6.18. The van der Waals surface area contributed by atoms with Gasteiger partial charge in [0, 0.05) is 23.2 Å². The van der Waals surface area contributed by atoms with Crippen LogP contribution in [0.25, 0.3) is 0 Å². The molecule has 0 aliphatic carbocycles. The van der Waals surface area contributed by atoms with Crippen molar-refractivity contribution in [1.82, 2.24) is 4.98 Å². The van der Waals surface area contributed by atoms with Gasteiger partial charge < -0.3 is 4.90 Å². The minimum absolute atomic E-state index is 0.0377. The van der Waals surface area contributed by atoms with Gasteiger partial charge in [-0.3, -0.25) is 10.1 Å². The van der Waals surface area contributed by atoms with Gasteiger partial charge in [0.15, 0.2) is 0 Å². The van der Waals surface area contributed by atoms with Crippen LogP contribution in [0.15, 0.2) is 36.5 Å². The van der Waals surface area contributed by atoms with E-state index in [1.807, 2.05) is 24.9 Å². The number of benzene rings is 1. The van der Waals surface area contributed by atoms with Crippen LogP contribution in [0.3, 0.4) is 0 Å². The number of pyridine rings is 1. The van der Waals surface area contributed by atoms with Gasteiger partial charge in [-0.05, 0) is 30.7 Å². The first-order chi connectivity index (χ1) is 9.90. The van der Waals surface area contributed by atoms with Crippen LogP contribution in [0.5, 0.6) is 0 Å². The summed E-state index contributed by atoms with van der Waals surface area (Å²) >= 11 is 12.1. The van der Waals surface area contributed by atoms with Crippen LogP contribution in [0, 0.1) is 10.1 Å². The Morgan fingerprint density at radius 3 is 2.52 bits per heavy atom. The third kappa shape index (κ3) is 3.43. The summed E-state index contributed by atoms with van der Waals surface area (Å²) in [6.07, 6.45) is 1.24. The lowest BCUT2D eigenvalue weighted by Gasteiger charge is -2.27. The van der Waals surface area contributed by atoms with Crippen molar-refractivity contribution in [2.75, 3.05) is 11.9 Å². The number of nitrogens with zero attached hydrogens (tertiary/aromatic N) is 3. The maximum absolute atomic E-state index is 10.6. The first-order valence-corrected chi connectivity index (χ1v) is 6.94. The average Bonchev–Trinajstić information content (AvgIpc) is 2.46. The summed E-state index contributed by atoms with van der Waals surface area (Å²) in [5.74, 6) is 0.624. The van der Waals surface area contributed by atoms with Crippen molar-refractivity contribution < 1.29 is 4.92 Å². The van der Waals surface area contributed by atoms with Crippen LogP contribution in [0.1, 0.15) is 18.5 Å². The molecule has 2 rings (SSSR count). The smallest absolute Gasteiger partial charge is 0.287 e. The van der Waals surface area contributed by atoms with Crippen LogP contribution < -0.4 is 4.90 Å². The van der Waals surface area contributed by atoms with E-state index < -0.39 is 4.92 Å². The van der Waals surface area contributed by atoms with Crippen molar-refractivity contribution in [3.63, 3.8) is 0 Å². The van der Waals surface area contributed by atoms with Crippen LogP contribution >= 0.6 is 23.2 Å². The van der Waals surface area contributed by atoms with Gasteiger partial charge >= 0.3 is 0 Å². The highest BCUT2D eigenvalue weighted by atomic mass is 35.5. The number of aromatic nitrogens is 1. The third-order valence-corrected chi connectivity index (χ3v) is 3.86. The Labute approximate surface area is 132 Å². The van der Waals surface area contributed by atoms with E-state index in [0.717, 1.165) is 5.56 Å². The Hall–Kier alpha value is -1.85. The molecule has 0 radical (unpaired) electrons. The molecule has 0 N–H and O–H groups in total. The lowest BCUT2D eigenvalue weighted by Crippen LogP contribution is -2.22. The Morgan fingerprint density at radius 2 is 2.00 bits per heavy atom. The van der Waals surface area contributed by atoms with Gasteiger partial charge in [-0.1, -0.05) is 29.3 Å². The molecule has 5 nitrogen and oxygen atoms in total. The van der Waals surface area contributed by atoms with Crippen molar-refractivity contribution in [1.29, 1.82) is 0 Å². The fourth-order valence-corrected chi connectivity index (χ4v) is 2.51. The largest absolute Gasteiger partial charge is 0.353 e. The fraction of sp³-hybridized carbons (Fsp3) is 0.214. The highest BCUT2D eigenvalue weighted by Gasteiger charge is 2.17. The van der Waals surface area contributed by atoms with Gasteiger partial charge in [0.05, 0.1) is 11.0 Å². The van der Waals surface area contributed by atoms with Crippen LogP contribution in [0.4, 0.5) is 11.5 Å².